The van der Waals surface area contributed by atoms with Crippen molar-refractivity contribution in [3.05, 3.63) is 91.0 Å². The van der Waals surface area contributed by atoms with Crippen LogP contribution in [0.4, 0.5) is 0 Å². The van der Waals surface area contributed by atoms with E-state index in [1.54, 1.807) is 18.2 Å². The molecule has 0 aliphatic heterocycles. The first-order valence-corrected chi connectivity index (χ1v) is 10.2. The van der Waals surface area contributed by atoms with E-state index in [2.05, 4.69) is 13.2 Å². The van der Waals surface area contributed by atoms with E-state index in [-0.39, 0.29) is 11.5 Å². The number of aryl methyl sites for hydroxylation is 1. The number of fused-ring (bicyclic) bond motifs is 1. The molecule has 0 heterocycles. The van der Waals surface area contributed by atoms with Gasteiger partial charge in [-0.3, -0.25) is 4.18 Å². The van der Waals surface area contributed by atoms with Crippen molar-refractivity contribution in [2.24, 2.45) is 0 Å². The fraction of sp³-hybridized carbons (Fsp3) is 0.130. The first-order valence-electron chi connectivity index (χ1n) is 8.84. The Morgan fingerprint density at radius 2 is 1.71 bits per heavy atom. The molecule has 0 aromatic heterocycles. The van der Waals surface area contributed by atoms with Crippen molar-refractivity contribution in [3.63, 3.8) is 0 Å². The molecule has 0 N–H and O–H groups in total. The van der Waals surface area contributed by atoms with Crippen LogP contribution in [0.1, 0.15) is 11.1 Å². The molecule has 0 spiro atoms. The molecule has 3 rings (SSSR count). The molecule has 0 bridgehead atoms. The molecule has 0 fully saturated rings. The average Bonchev–Trinajstić information content (AvgIpc) is 2.71. The van der Waals surface area contributed by atoms with E-state index in [0.717, 1.165) is 21.9 Å². The number of hydrogen-bond donors (Lipinski definition) is 0. The van der Waals surface area contributed by atoms with E-state index in [0.29, 0.717) is 5.75 Å². The molecule has 1 unspecified atom stereocenters. The van der Waals surface area contributed by atoms with Gasteiger partial charge >= 0.3 is 0 Å². The van der Waals surface area contributed by atoms with Crippen molar-refractivity contribution in [2.75, 3.05) is 6.61 Å². The highest BCUT2D eigenvalue weighted by molar-refractivity contribution is 7.86. The Balaban J connectivity index is 1.82. The van der Waals surface area contributed by atoms with Gasteiger partial charge in [-0.15, -0.1) is 0 Å². The summed E-state index contributed by atoms with van der Waals surface area (Å²) in [6, 6.07) is 18.2. The fourth-order valence-electron chi connectivity index (χ4n) is 2.78. The lowest BCUT2D eigenvalue weighted by atomic mass is 10.1. The van der Waals surface area contributed by atoms with Gasteiger partial charge in [0.1, 0.15) is 18.5 Å². The van der Waals surface area contributed by atoms with E-state index in [4.69, 9.17) is 8.92 Å². The van der Waals surface area contributed by atoms with Gasteiger partial charge in [0.15, 0.2) is 0 Å². The average molecular weight is 394 g/mol. The molecule has 3 aromatic carbocycles. The van der Waals surface area contributed by atoms with Crippen LogP contribution in [0.2, 0.25) is 0 Å². The van der Waals surface area contributed by atoms with Crippen LogP contribution in [-0.4, -0.2) is 21.1 Å². The first kappa shape index (κ1) is 19.9. The van der Waals surface area contributed by atoms with Gasteiger partial charge < -0.3 is 4.74 Å². The summed E-state index contributed by atoms with van der Waals surface area (Å²) in [6.45, 7) is 9.29. The van der Waals surface area contributed by atoms with Crippen LogP contribution in [-0.2, 0) is 14.3 Å². The van der Waals surface area contributed by atoms with Crippen LogP contribution in [0.15, 0.2) is 84.8 Å². The summed E-state index contributed by atoms with van der Waals surface area (Å²) in [5, 5.41) is 1.92. The van der Waals surface area contributed by atoms with E-state index in [9.17, 15) is 8.42 Å². The van der Waals surface area contributed by atoms with E-state index >= 15 is 0 Å². The minimum atomic E-state index is -3.88. The second kappa shape index (κ2) is 8.42. The third-order valence-corrected chi connectivity index (χ3v) is 5.66. The zero-order chi connectivity index (χ0) is 20.1. The Bertz CT molecular complexity index is 1100. The van der Waals surface area contributed by atoms with Crippen LogP contribution < -0.4 is 4.74 Å². The quantitative estimate of drug-likeness (QED) is 0.393. The highest BCUT2D eigenvalue weighted by Crippen LogP contribution is 2.31. The molecule has 4 nitrogen and oxygen atoms in total. The SMILES string of the molecule is C=Cc1ccc2ccccc2c1OC(C=C)COS(=O)(=O)c1ccc(C)cc1. The van der Waals surface area contributed by atoms with Gasteiger partial charge in [0.05, 0.1) is 4.90 Å². The van der Waals surface area contributed by atoms with Gasteiger partial charge in [-0.2, -0.15) is 8.42 Å². The molecule has 5 heteroatoms. The Morgan fingerprint density at radius 1 is 1.00 bits per heavy atom. The summed E-state index contributed by atoms with van der Waals surface area (Å²) in [7, 11) is -3.88. The van der Waals surface area contributed by atoms with Gasteiger partial charge in [-0.05, 0) is 30.5 Å². The van der Waals surface area contributed by atoms with Gasteiger partial charge in [-0.25, -0.2) is 0 Å². The number of rotatable bonds is 8. The van der Waals surface area contributed by atoms with Crippen molar-refractivity contribution in [2.45, 2.75) is 17.9 Å². The van der Waals surface area contributed by atoms with Crippen molar-refractivity contribution in [3.8, 4) is 5.75 Å². The molecule has 3 aromatic rings. The largest absolute Gasteiger partial charge is 0.483 e. The van der Waals surface area contributed by atoms with Gasteiger partial charge in [0, 0.05) is 10.9 Å². The summed E-state index contributed by atoms with van der Waals surface area (Å²) >= 11 is 0. The number of ether oxygens (including phenoxy) is 1. The van der Waals surface area contributed by atoms with E-state index in [1.807, 2.05) is 43.3 Å². The number of benzene rings is 3. The minimum Gasteiger partial charge on any atom is -0.483 e. The maximum Gasteiger partial charge on any atom is 0.297 e. The summed E-state index contributed by atoms with van der Waals surface area (Å²) in [6.07, 6.45) is 2.58. The van der Waals surface area contributed by atoms with Crippen molar-refractivity contribution in [1.29, 1.82) is 0 Å². The Kier molecular flexibility index (Phi) is 5.97. The topological polar surface area (TPSA) is 52.6 Å². The van der Waals surface area contributed by atoms with Crippen LogP contribution >= 0.6 is 0 Å². The zero-order valence-corrected chi connectivity index (χ0v) is 16.5. The normalized spacial score (nSPS) is 12.5. The molecule has 1 atom stereocenters. The molecule has 0 saturated carbocycles. The van der Waals surface area contributed by atoms with Gasteiger partial charge in [0.25, 0.3) is 10.1 Å². The predicted octanol–water partition coefficient (Wildman–Crippen LogP) is 5.13. The second-order valence-electron chi connectivity index (χ2n) is 6.35. The molecular formula is C23H22O4S. The van der Waals surface area contributed by atoms with Crippen LogP contribution in [0.5, 0.6) is 5.75 Å². The highest BCUT2D eigenvalue weighted by Gasteiger charge is 2.19. The Morgan fingerprint density at radius 3 is 2.39 bits per heavy atom. The van der Waals surface area contributed by atoms with Crippen molar-refractivity contribution in [1.82, 2.24) is 0 Å². The van der Waals surface area contributed by atoms with E-state index in [1.165, 1.54) is 18.2 Å². The molecule has 28 heavy (non-hydrogen) atoms. The van der Waals surface area contributed by atoms with Crippen LogP contribution in [0.25, 0.3) is 16.8 Å². The summed E-state index contributed by atoms with van der Waals surface area (Å²) in [5.41, 5.74) is 1.78. The lowest BCUT2D eigenvalue weighted by molar-refractivity contribution is 0.169. The Labute approximate surface area is 165 Å². The highest BCUT2D eigenvalue weighted by atomic mass is 32.2. The van der Waals surface area contributed by atoms with Crippen molar-refractivity contribution >= 4 is 27.0 Å². The maximum atomic E-state index is 12.4. The van der Waals surface area contributed by atoms with Gasteiger partial charge in [0.2, 0.25) is 0 Å². The first-order chi connectivity index (χ1) is 13.4. The summed E-state index contributed by atoms with van der Waals surface area (Å²) in [4.78, 5) is 0.109. The third-order valence-electron chi connectivity index (χ3n) is 4.36. The standard InChI is InChI=1S/C23H22O4S/c1-4-18-12-13-19-8-6-7-9-22(19)23(18)27-20(5-2)16-26-28(24,25)21-14-10-17(3)11-15-21/h4-15,20H,1-2,16H2,3H3. The zero-order valence-electron chi connectivity index (χ0n) is 15.7. The van der Waals surface area contributed by atoms with Crippen LogP contribution in [0.3, 0.4) is 0 Å². The molecule has 0 amide bonds. The maximum absolute atomic E-state index is 12.4. The van der Waals surface area contributed by atoms with E-state index < -0.39 is 16.2 Å². The smallest absolute Gasteiger partial charge is 0.297 e. The summed E-state index contributed by atoms with van der Waals surface area (Å²) in [5.74, 6) is 0.620. The predicted molar refractivity (Wildman–Crippen MR) is 113 cm³/mol. The third kappa shape index (κ3) is 4.32. The summed E-state index contributed by atoms with van der Waals surface area (Å²) < 4.78 is 36.1. The minimum absolute atomic E-state index is 0.109. The molecular weight excluding hydrogens is 372 g/mol. The molecule has 0 saturated heterocycles. The van der Waals surface area contributed by atoms with Gasteiger partial charge in [-0.1, -0.05) is 73.3 Å². The van der Waals surface area contributed by atoms with Crippen molar-refractivity contribution < 1.29 is 17.3 Å². The molecule has 0 aliphatic carbocycles. The Hall–Kier alpha value is -2.89. The molecule has 0 radical (unpaired) electrons. The monoisotopic (exact) mass is 394 g/mol. The fourth-order valence-corrected chi connectivity index (χ4v) is 3.70. The molecule has 0 aliphatic rings. The van der Waals surface area contributed by atoms with Crippen LogP contribution in [0, 0.1) is 6.92 Å². The lowest BCUT2D eigenvalue weighted by Gasteiger charge is -2.19. The lowest BCUT2D eigenvalue weighted by Crippen LogP contribution is -2.23. The second-order valence-corrected chi connectivity index (χ2v) is 7.97. The molecule has 144 valence electrons. The number of hydrogen-bond acceptors (Lipinski definition) is 4.